The van der Waals surface area contributed by atoms with E-state index in [2.05, 4.69) is 39.5 Å². The number of hydrogen-bond acceptors (Lipinski definition) is 3. The molecule has 1 aromatic rings. The Kier molecular flexibility index (Phi) is 6.15. The summed E-state index contributed by atoms with van der Waals surface area (Å²) in [6.07, 6.45) is 0. The van der Waals surface area contributed by atoms with E-state index in [-0.39, 0.29) is 6.04 Å². The van der Waals surface area contributed by atoms with E-state index in [1.165, 1.54) is 5.69 Å². The number of anilines is 1. The minimum absolute atomic E-state index is 0.157. The number of rotatable bonds is 6. The van der Waals surface area contributed by atoms with E-state index < -0.39 is 0 Å². The maximum atomic E-state index is 5.81. The van der Waals surface area contributed by atoms with E-state index in [1.54, 1.807) is 7.11 Å². The maximum absolute atomic E-state index is 5.81. The number of methoxy groups -OCH3 is 1. The second-order valence-electron chi connectivity index (χ2n) is 4.76. The van der Waals surface area contributed by atoms with E-state index in [4.69, 9.17) is 10.5 Å². The van der Waals surface area contributed by atoms with Crippen molar-refractivity contribution in [1.29, 1.82) is 0 Å². The van der Waals surface area contributed by atoms with Gasteiger partial charge in [-0.2, -0.15) is 0 Å². The Balaban J connectivity index is 2.50. The number of guanidine groups is 1. The SMILES string of the molecule is COCC(C)NC(N)=NCc1ccc(N(C)C)cc1. The molecular weight excluding hydrogens is 240 g/mol. The van der Waals surface area contributed by atoms with Gasteiger partial charge in [-0.1, -0.05) is 12.1 Å². The van der Waals surface area contributed by atoms with Crippen LogP contribution in [0.2, 0.25) is 0 Å². The number of nitrogens with zero attached hydrogens (tertiary/aromatic N) is 2. The molecule has 0 saturated carbocycles. The summed E-state index contributed by atoms with van der Waals surface area (Å²) in [4.78, 5) is 6.37. The first kappa shape index (κ1) is 15.3. The molecule has 0 amide bonds. The van der Waals surface area contributed by atoms with E-state index in [1.807, 2.05) is 21.0 Å². The number of aliphatic imine (C=N–C) groups is 1. The number of benzene rings is 1. The molecule has 1 atom stereocenters. The standard InChI is InChI=1S/C14H24N4O/c1-11(10-19-4)17-14(15)16-9-12-5-7-13(8-6-12)18(2)3/h5-8,11H,9-10H2,1-4H3,(H3,15,16,17). The molecule has 5 heteroatoms. The van der Waals surface area contributed by atoms with Crippen molar-refractivity contribution in [1.82, 2.24) is 5.32 Å². The van der Waals surface area contributed by atoms with Crippen molar-refractivity contribution in [2.24, 2.45) is 10.7 Å². The first-order valence-electron chi connectivity index (χ1n) is 6.34. The highest BCUT2D eigenvalue weighted by molar-refractivity contribution is 5.78. The van der Waals surface area contributed by atoms with Crippen LogP contribution < -0.4 is 16.0 Å². The molecule has 1 aromatic carbocycles. The van der Waals surface area contributed by atoms with Crippen LogP contribution in [0.1, 0.15) is 12.5 Å². The van der Waals surface area contributed by atoms with Crippen LogP contribution in [-0.4, -0.2) is 39.8 Å². The minimum Gasteiger partial charge on any atom is -0.383 e. The van der Waals surface area contributed by atoms with Crippen LogP contribution in [0.15, 0.2) is 29.3 Å². The van der Waals surface area contributed by atoms with Crippen LogP contribution >= 0.6 is 0 Å². The summed E-state index contributed by atoms with van der Waals surface area (Å²) in [6.45, 7) is 3.18. The Morgan fingerprint density at radius 1 is 1.37 bits per heavy atom. The molecule has 1 unspecified atom stereocenters. The van der Waals surface area contributed by atoms with Crippen LogP contribution in [0.3, 0.4) is 0 Å². The van der Waals surface area contributed by atoms with Crippen molar-refractivity contribution in [3.63, 3.8) is 0 Å². The van der Waals surface area contributed by atoms with Crippen LogP contribution in [-0.2, 0) is 11.3 Å². The topological polar surface area (TPSA) is 62.9 Å². The molecule has 1 rings (SSSR count). The Morgan fingerprint density at radius 3 is 2.53 bits per heavy atom. The number of ether oxygens (including phenoxy) is 1. The van der Waals surface area contributed by atoms with Gasteiger partial charge in [0.25, 0.3) is 0 Å². The van der Waals surface area contributed by atoms with E-state index in [0.717, 1.165) is 5.56 Å². The highest BCUT2D eigenvalue weighted by atomic mass is 16.5. The predicted molar refractivity (Wildman–Crippen MR) is 80.6 cm³/mol. The summed E-state index contributed by atoms with van der Waals surface area (Å²) in [5.41, 5.74) is 8.11. The second kappa shape index (κ2) is 7.63. The van der Waals surface area contributed by atoms with Crippen LogP contribution in [0.5, 0.6) is 0 Å². The van der Waals surface area contributed by atoms with Gasteiger partial charge in [0.05, 0.1) is 13.2 Å². The maximum Gasteiger partial charge on any atom is 0.189 e. The Labute approximate surface area is 115 Å². The molecule has 0 radical (unpaired) electrons. The van der Waals surface area contributed by atoms with Gasteiger partial charge in [0.1, 0.15) is 0 Å². The van der Waals surface area contributed by atoms with Crippen molar-refractivity contribution >= 4 is 11.6 Å². The molecule has 19 heavy (non-hydrogen) atoms. The largest absolute Gasteiger partial charge is 0.383 e. The molecule has 0 saturated heterocycles. The van der Waals surface area contributed by atoms with Crippen LogP contribution in [0.25, 0.3) is 0 Å². The van der Waals surface area contributed by atoms with Gasteiger partial charge in [-0.15, -0.1) is 0 Å². The molecule has 0 bridgehead atoms. The fourth-order valence-corrected chi connectivity index (χ4v) is 1.67. The van der Waals surface area contributed by atoms with Gasteiger partial charge in [0, 0.05) is 32.9 Å². The van der Waals surface area contributed by atoms with Crippen molar-refractivity contribution in [2.75, 3.05) is 32.7 Å². The monoisotopic (exact) mass is 264 g/mol. The third kappa shape index (κ3) is 5.61. The molecule has 0 aliphatic heterocycles. The van der Waals surface area contributed by atoms with Crippen LogP contribution in [0, 0.1) is 0 Å². The van der Waals surface area contributed by atoms with E-state index in [0.29, 0.717) is 19.1 Å². The lowest BCUT2D eigenvalue weighted by Gasteiger charge is -2.13. The first-order valence-corrected chi connectivity index (χ1v) is 6.34. The lowest BCUT2D eigenvalue weighted by atomic mass is 10.2. The molecular formula is C14H24N4O. The average molecular weight is 264 g/mol. The van der Waals surface area contributed by atoms with Gasteiger partial charge in [-0.05, 0) is 24.6 Å². The molecule has 0 aliphatic carbocycles. The van der Waals surface area contributed by atoms with Crippen molar-refractivity contribution in [2.45, 2.75) is 19.5 Å². The molecule has 0 aliphatic rings. The normalized spacial score (nSPS) is 13.2. The fraction of sp³-hybridized carbons (Fsp3) is 0.500. The quantitative estimate of drug-likeness (QED) is 0.598. The van der Waals surface area contributed by atoms with Crippen molar-refractivity contribution < 1.29 is 4.74 Å². The molecule has 3 N–H and O–H groups in total. The Morgan fingerprint density at radius 2 is 2.00 bits per heavy atom. The number of nitrogens with one attached hydrogen (secondary N) is 1. The first-order chi connectivity index (χ1) is 9.02. The molecule has 0 aromatic heterocycles. The van der Waals surface area contributed by atoms with Gasteiger partial charge in [0.2, 0.25) is 0 Å². The summed E-state index contributed by atoms with van der Waals surface area (Å²) >= 11 is 0. The Hall–Kier alpha value is -1.75. The van der Waals surface area contributed by atoms with E-state index in [9.17, 15) is 0 Å². The Bertz CT molecular complexity index is 400. The lowest BCUT2D eigenvalue weighted by molar-refractivity contribution is 0.179. The van der Waals surface area contributed by atoms with Gasteiger partial charge in [0.15, 0.2) is 5.96 Å². The van der Waals surface area contributed by atoms with E-state index >= 15 is 0 Å². The molecule has 5 nitrogen and oxygen atoms in total. The summed E-state index contributed by atoms with van der Waals surface area (Å²) in [7, 11) is 5.70. The molecule has 0 spiro atoms. The zero-order valence-corrected chi connectivity index (χ0v) is 12.2. The average Bonchev–Trinajstić information content (AvgIpc) is 2.37. The van der Waals surface area contributed by atoms with Crippen molar-refractivity contribution in [3.05, 3.63) is 29.8 Å². The van der Waals surface area contributed by atoms with Gasteiger partial charge in [-0.25, -0.2) is 4.99 Å². The molecule has 106 valence electrons. The van der Waals surface area contributed by atoms with Gasteiger partial charge >= 0.3 is 0 Å². The lowest BCUT2D eigenvalue weighted by Crippen LogP contribution is -2.40. The zero-order chi connectivity index (χ0) is 14.3. The summed E-state index contributed by atoms with van der Waals surface area (Å²) < 4.78 is 5.03. The zero-order valence-electron chi connectivity index (χ0n) is 12.2. The summed E-state index contributed by atoms with van der Waals surface area (Å²) in [5, 5.41) is 3.08. The number of nitrogens with two attached hydrogens (primary N) is 1. The predicted octanol–water partition coefficient (Wildman–Crippen LogP) is 1.19. The smallest absolute Gasteiger partial charge is 0.189 e. The second-order valence-corrected chi connectivity index (χ2v) is 4.76. The van der Waals surface area contributed by atoms with Gasteiger partial charge in [-0.3, -0.25) is 0 Å². The molecule has 0 heterocycles. The minimum atomic E-state index is 0.157. The highest BCUT2D eigenvalue weighted by Crippen LogP contribution is 2.12. The third-order valence-corrected chi connectivity index (χ3v) is 2.70. The highest BCUT2D eigenvalue weighted by Gasteiger charge is 2.01. The van der Waals surface area contributed by atoms with Gasteiger partial charge < -0.3 is 20.7 Å². The molecule has 0 fully saturated rings. The summed E-state index contributed by atoms with van der Waals surface area (Å²) in [6, 6.07) is 8.42. The van der Waals surface area contributed by atoms with Crippen molar-refractivity contribution in [3.8, 4) is 0 Å². The fourth-order valence-electron chi connectivity index (χ4n) is 1.67. The summed E-state index contributed by atoms with van der Waals surface area (Å²) in [5.74, 6) is 0.446. The van der Waals surface area contributed by atoms with Crippen LogP contribution in [0.4, 0.5) is 5.69 Å². The third-order valence-electron chi connectivity index (χ3n) is 2.70. The number of hydrogen-bond donors (Lipinski definition) is 2.